The highest BCUT2D eigenvalue weighted by Gasteiger charge is 2.24. The zero-order chi connectivity index (χ0) is 13.0. The fourth-order valence-corrected chi connectivity index (χ4v) is 2.69. The van der Waals surface area contributed by atoms with E-state index in [0.717, 1.165) is 36.6 Å². The number of hydrogen-bond donors (Lipinski definition) is 2. The molecule has 0 saturated heterocycles. The minimum atomic E-state index is 0.266. The largest absolute Gasteiger partial charge is 0.396 e. The van der Waals surface area contributed by atoms with Gasteiger partial charge in [-0.05, 0) is 26.2 Å². The van der Waals surface area contributed by atoms with E-state index in [-0.39, 0.29) is 6.61 Å². The Hall–Kier alpha value is -1.16. The van der Waals surface area contributed by atoms with Crippen molar-refractivity contribution >= 4 is 5.82 Å². The minimum absolute atomic E-state index is 0.266. The summed E-state index contributed by atoms with van der Waals surface area (Å²) in [6.07, 6.45) is 5.62. The molecule has 0 radical (unpaired) electrons. The van der Waals surface area contributed by atoms with Crippen LogP contribution in [0.2, 0.25) is 0 Å². The maximum absolute atomic E-state index is 9.42. The van der Waals surface area contributed by atoms with Crippen LogP contribution in [-0.4, -0.2) is 27.7 Å². The minimum Gasteiger partial charge on any atom is -0.396 e. The first-order valence-corrected chi connectivity index (χ1v) is 6.95. The molecule has 18 heavy (non-hydrogen) atoms. The number of nitrogens with zero attached hydrogens (tertiary/aromatic N) is 2. The average molecular weight is 249 g/mol. The number of aliphatic hydroxyl groups excluding tert-OH is 1. The van der Waals surface area contributed by atoms with Crippen LogP contribution in [0.3, 0.4) is 0 Å². The molecule has 0 bridgehead atoms. The molecule has 1 aromatic rings. The molecule has 4 heteroatoms. The molecule has 1 aliphatic rings. The molecule has 100 valence electrons. The molecular weight excluding hydrogens is 226 g/mol. The first kappa shape index (κ1) is 13.3. The van der Waals surface area contributed by atoms with Crippen molar-refractivity contribution in [1.82, 2.24) is 9.97 Å². The third-order valence-electron chi connectivity index (χ3n) is 3.73. The van der Waals surface area contributed by atoms with Crippen LogP contribution < -0.4 is 5.32 Å². The molecule has 1 aromatic heterocycles. The van der Waals surface area contributed by atoms with Gasteiger partial charge in [-0.25, -0.2) is 9.97 Å². The van der Waals surface area contributed by atoms with Crippen LogP contribution in [0.15, 0.2) is 6.07 Å². The predicted molar refractivity (Wildman–Crippen MR) is 72.6 cm³/mol. The van der Waals surface area contributed by atoms with E-state index in [2.05, 4.69) is 22.2 Å². The second-order valence-corrected chi connectivity index (χ2v) is 5.12. The van der Waals surface area contributed by atoms with Gasteiger partial charge in [0.2, 0.25) is 0 Å². The number of aromatic nitrogens is 2. The van der Waals surface area contributed by atoms with Crippen molar-refractivity contribution in [2.45, 2.75) is 52.0 Å². The topological polar surface area (TPSA) is 58.0 Å². The van der Waals surface area contributed by atoms with E-state index in [9.17, 15) is 5.11 Å². The molecule has 1 heterocycles. The van der Waals surface area contributed by atoms with Gasteiger partial charge in [0.05, 0.1) is 0 Å². The highest BCUT2D eigenvalue weighted by atomic mass is 16.3. The van der Waals surface area contributed by atoms with Gasteiger partial charge in [0.1, 0.15) is 11.6 Å². The van der Waals surface area contributed by atoms with Gasteiger partial charge in [0, 0.05) is 30.3 Å². The summed E-state index contributed by atoms with van der Waals surface area (Å²) in [6.45, 7) is 4.29. The van der Waals surface area contributed by atoms with Crippen LogP contribution in [0.4, 0.5) is 5.82 Å². The standard InChI is InChI=1S/C14H23N3O/c1-3-12-8-14(16-10(2)15-12)17-13-7-5-4-6-11(13)9-18/h8,11,13,18H,3-7,9H2,1-2H3,(H,15,16,17). The fourth-order valence-electron chi connectivity index (χ4n) is 2.69. The van der Waals surface area contributed by atoms with Gasteiger partial charge < -0.3 is 10.4 Å². The SMILES string of the molecule is CCc1cc(NC2CCCCC2CO)nc(C)n1. The van der Waals surface area contributed by atoms with E-state index in [1.807, 2.05) is 13.0 Å². The molecule has 2 unspecified atom stereocenters. The summed E-state index contributed by atoms with van der Waals surface area (Å²) in [5.74, 6) is 2.08. The summed E-state index contributed by atoms with van der Waals surface area (Å²) in [5.41, 5.74) is 1.07. The quantitative estimate of drug-likeness (QED) is 0.859. The van der Waals surface area contributed by atoms with Gasteiger partial charge in [-0.15, -0.1) is 0 Å². The lowest BCUT2D eigenvalue weighted by molar-refractivity contribution is 0.178. The number of aryl methyl sites for hydroxylation is 2. The molecule has 0 aliphatic heterocycles. The van der Waals surface area contributed by atoms with Crippen molar-refractivity contribution in [2.75, 3.05) is 11.9 Å². The first-order chi connectivity index (χ1) is 8.72. The van der Waals surface area contributed by atoms with Gasteiger partial charge in [-0.2, -0.15) is 0 Å². The van der Waals surface area contributed by atoms with Crippen molar-refractivity contribution in [2.24, 2.45) is 5.92 Å². The number of anilines is 1. The summed E-state index contributed by atoms with van der Waals surface area (Å²) in [4.78, 5) is 8.82. The zero-order valence-corrected chi connectivity index (χ0v) is 11.3. The average Bonchev–Trinajstić information content (AvgIpc) is 2.38. The van der Waals surface area contributed by atoms with Crippen LogP contribution in [0.1, 0.15) is 44.1 Å². The summed E-state index contributed by atoms with van der Waals surface area (Å²) < 4.78 is 0. The van der Waals surface area contributed by atoms with Crippen molar-refractivity contribution in [3.05, 3.63) is 17.6 Å². The van der Waals surface area contributed by atoms with Crippen molar-refractivity contribution in [1.29, 1.82) is 0 Å². The van der Waals surface area contributed by atoms with Gasteiger partial charge >= 0.3 is 0 Å². The third kappa shape index (κ3) is 3.19. The lowest BCUT2D eigenvalue weighted by Crippen LogP contribution is -2.34. The van der Waals surface area contributed by atoms with E-state index < -0.39 is 0 Å². The molecule has 0 aromatic carbocycles. The molecule has 0 amide bonds. The van der Waals surface area contributed by atoms with Gasteiger partial charge in [-0.1, -0.05) is 19.8 Å². The third-order valence-corrected chi connectivity index (χ3v) is 3.73. The molecule has 1 saturated carbocycles. The van der Waals surface area contributed by atoms with E-state index in [1.54, 1.807) is 0 Å². The number of nitrogens with one attached hydrogen (secondary N) is 1. The van der Waals surface area contributed by atoms with Gasteiger partial charge in [0.25, 0.3) is 0 Å². The highest BCUT2D eigenvalue weighted by Crippen LogP contribution is 2.26. The van der Waals surface area contributed by atoms with Gasteiger partial charge in [-0.3, -0.25) is 0 Å². The Morgan fingerprint density at radius 1 is 1.33 bits per heavy atom. The molecule has 2 N–H and O–H groups in total. The number of aliphatic hydroxyl groups is 1. The molecular formula is C14H23N3O. The second kappa shape index (κ2) is 6.14. The van der Waals surface area contributed by atoms with Crippen LogP contribution >= 0.6 is 0 Å². The smallest absolute Gasteiger partial charge is 0.130 e. The Labute approximate surface area is 109 Å². The van der Waals surface area contributed by atoms with Crippen molar-refractivity contribution in [3.63, 3.8) is 0 Å². The fraction of sp³-hybridized carbons (Fsp3) is 0.714. The van der Waals surface area contributed by atoms with Crippen LogP contribution in [0, 0.1) is 12.8 Å². The molecule has 1 fully saturated rings. The molecule has 4 nitrogen and oxygen atoms in total. The Bertz CT molecular complexity index is 395. The van der Waals surface area contributed by atoms with Crippen molar-refractivity contribution in [3.8, 4) is 0 Å². The van der Waals surface area contributed by atoms with Crippen LogP contribution in [0.5, 0.6) is 0 Å². The molecule has 2 atom stereocenters. The second-order valence-electron chi connectivity index (χ2n) is 5.12. The Morgan fingerprint density at radius 3 is 2.83 bits per heavy atom. The number of rotatable bonds is 4. The van der Waals surface area contributed by atoms with Crippen LogP contribution in [-0.2, 0) is 6.42 Å². The van der Waals surface area contributed by atoms with E-state index >= 15 is 0 Å². The molecule has 0 spiro atoms. The van der Waals surface area contributed by atoms with Crippen molar-refractivity contribution < 1.29 is 5.11 Å². The lowest BCUT2D eigenvalue weighted by Gasteiger charge is -2.31. The Kier molecular flexibility index (Phi) is 4.53. The first-order valence-electron chi connectivity index (χ1n) is 6.95. The normalized spacial score (nSPS) is 23.9. The lowest BCUT2D eigenvalue weighted by atomic mass is 9.85. The Balaban J connectivity index is 2.09. The van der Waals surface area contributed by atoms with Crippen LogP contribution in [0.25, 0.3) is 0 Å². The summed E-state index contributed by atoms with van der Waals surface area (Å²) >= 11 is 0. The van der Waals surface area contributed by atoms with E-state index in [0.29, 0.717) is 12.0 Å². The summed E-state index contributed by atoms with van der Waals surface area (Å²) in [7, 11) is 0. The van der Waals surface area contributed by atoms with Gasteiger partial charge in [0.15, 0.2) is 0 Å². The maximum Gasteiger partial charge on any atom is 0.130 e. The maximum atomic E-state index is 9.42. The highest BCUT2D eigenvalue weighted by molar-refractivity contribution is 5.37. The summed E-state index contributed by atoms with van der Waals surface area (Å²) in [6, 6.07) is 2.37. The van der Waals surface area contributed by atoms with E-state index in [1.165, 1.54) is 12.8 Å². The monoisotopic (exact) mass is 249 g/mol. The molecule has 1 aliphatic carbocycles. The molecule has 2 rings (SSSR count). The van der Waals surface area contributed by atoms with E-state index in [4.69, 9.17) is 0 Å². The Morgan fingerprint density at radius 2 is 2.11 bits per heavy atom. The summed E-state index contributed by atoms with van der Waals surface area (Å²) in [5, 5.41) is 12.9. The predicted octanol–water partition coefficient (Wildman–Crippen LogP) is 2.31. The zero-order valence-electron chi connectivity index (χ0n) is 11.3. The number of hydrogen-bond acceptors (Lipinski definition) is 4.